The number of ether oxygens (including phenoxy) is 2. The first-order valence-corrected chi connectivity index (χ1v) is 10.6. The van der Waals surface area contributed by atoms with Crippen LogP contribution in [0, 0.1) is 10.8 Å². The summed E-state index contributed by atoms with van der Waals surface area (Å²) in [6.07, 6.45) is 17.9. The van der Waals surface area contributed by atoms with Gasteiger partial charge in [-0.1, -0.05) is 41.5 Å². The Morgan fingerprint density at radius 1 is 0.538 bits per heavy atom. The van der Waals surface area contributed by atoms with Gasteiger partial charge in [0.25, 0.3) is 0 Å². The summed E-state index contributed by atoms with van der Waals surface area (Å²) in [6.45, 7) is 13.6. The molecule has 26 heavy (non-hydrogen) atoms. The second-order valence-electron chi connectivity index (χ2n) is 8.21. The van der Waals surface area contributed by atoms with Crippen LogP contribution in [0.5, 0.6) is 0 Å². The minimum Gasteiger partial charge on any atom is -0.467 e. The van der Waals surface area contributed by atoms with Crippen molar-refractivity contribution in [3.05, 3.63) is 47.3 Å². The van der Waals surface area contributed by atoms with Gasteiger partial charge in [0.15, 0.2) is 0 Å². The molecule has 2 aliphatic rings. The van der Waals surface area contributed by atoms with Crippen LogP contribution in [0.3, 0.4) is 0 Å². The van der Waals surface area contributed by atoms with E-state index < -0.39 is 0 Å². The molecule has 0 atom stereocenters. The highest BCUT2D eigenvalue weighted by Crippen LogP contribution is 2.51. The van der Waals surface area contributed by atoms with Crippen molar-refractivity contribution < 1.29 is 9.47 Å². The number of hydrogen-bond acceptors (Lipinski definition) is 2. The molecule has 0 aromatic rings. The van der Waals surface area contributed by atoms with Gasteiger partial charge in [-0.2, -0.15) is 0 Å². The van der Waals surface area contributed by atoms with E-state index in [0.29, 0.717) is 0 Å². The van der Waals surface area contributed by atoms with Crippen LogP contribution in [0.25, 0.3) is 0 Å². The van der Waals surface area contributed by atoms with Gasteiger partial charge in [-0.15, -0.1) is 0 Å². The Hall–Kier alpha value is -1.44. The van der Waals surface area contributed by atoms with Gasteiger partial charge in [0.1, 0.15) is 23.0 Å². The molecule has 0 aliphatic carbocycles. The van der Waals surface area contributed by atoms with Gasteiger partial charge >= 0.3 is 0 Å². The third-order valence-electron chi connectivity index (χ3n) is 5.51. The van der Waals surface area contributed by atoms with Crippen molar-refractivity contribution in [2.45, 2.75) is 92.9 Å². The first-order chi connectivity index (χ1) is 12.4. The Morgan fingerprint density at radius 3 is 0.962 bits per heavy atom. The zero-order valence-electron chi connectivity index (χ0n) is 17.8. The average molecular weight is 359 g/mol. The molecule has 0 radical (unpaired) electrons. The fourth-order valence-corrected chi connectivity index (χ4v) is 3.98. The first kappa shape index (κ1) is 20.9. The number of allylic oxidation sites excluding steroid dienone is 8. The molecular formula is C24H38O2. The van der Waals surface area contributed by atoms with E-state index in [2.05, 4.69) is 65.8 Å². The Bertz CT molecular complexity index is 506. The van der Waals surface area contributed by atoms with Crippen molar-refractivity contribution in [1.82, 2.24) is 0 Å². The van der Waals surface area contributed by atoms with E-state index in [1.54, 1.807) is 0 Å². The lowest BCUT2D eigenvalue weighted by Gasteiger charge is -2.44. The molecule has 0 saturated heterocycles. The highest BCUT2D eigenvalue weighted by Gasteiger charge is 2.43. The minimum absolute atomic E-state index is 0.0952. The molecule has 0 aromatic carbocycles. The number of hydrogen-bond donors (Lipinski definition) is 0. The highest BCUT2D eigenvalue weighted by molar-refractivity contribution is 5.35. The van der Waals surface area contributed by atoms with Gasteiger partial charge < -0.3 is 9.47 Å². The van der Waals surface area contributed by atoms with E-state index in [-0.39, 0.29) is 10.8 Å². The lowest BCUT2D eigenvalue weighted by atomic mass is 9.62. The number of rotatable bonds is 9. The maximum atomic E-state index is 6.20. The van der Waals surface area contributed by atoms with E-state index in [1.807, 2.05) is 0 Å². The summed E-state index contributed by atoms with van der Waals surface area (Å²) >= 11 is 0. The molecule has 0 aromatic heterocycles. The van der Waals surface area contributed by atoms with Crippen LogP contribution < -0.4 is 0 Å². The Balaban J connectivity index is 2.49. The Kier molecular flexibility index (Phi) is 7.20. The second-order valence-corrected chi connectivity index (χ2v) is 8.21. The van der Waals surface area contributed by atoms with Crippen LogP contribution in [-0.4, -0.2) is 0 Å². The van der Waals surface area contributed by atoms with Gasteiger partial charge in [0, 0.05) is 36.5 Å². The molecule has 0 amide bonds. The van der Waals surface area contributed by atoms with E-state index in [1.165, 1.54) is 0 Å². The lowest BCUT2D eigenvalue weighted by molar-refractivity contribution is 0.183. The molecule has 146 valence electrons. The summed E-state index contributed by atoms with van der Waals surface area (Å²) in [4.78, 5) is 0. The molecule has 2 heterocycles. The SMILES string of the molecule is CCCC1=CC(C)(C2(C)C=C(CCC)OC(CCC)=C2)C=C(CCC)O1. The molecule has 2 nitrogen and oxygen atoms in total. The molecule has 2 heteroatoms. The van der Waals surface area contributed by atoms with Crippen LogP contribution in [0.4, 0.5) is 0 Å². The van der Waals surface area contributed by atoms with Crippen molar-refractivity contribution in [2.75, 3.05) is 0 Å². The zero-order valence-corrected chi connectivity index (χ0v) is 17.8. The lowest BCUT2D eigenvalue weighted by Crippen LogP contribution is -2.36. The van der Waals surface area contributed by atoms with E-state index in [9.17, 15) is 0 Å². The van der Waals surface area contributed by atoms with E-state index in [4.69, 9.17) is 9.47 Å². The smallest absolute Gasteiger partial charge is 0.100 e. The third kappa shape index (κ3) is 4.64. The van der Waals surface area contributed by atoms with Crippen molar-refractivity contribution in [3.8, 4) is 0 Å². The van der Waals surface area contributed by atoms with Crippen molar-refractivity contribution in [1.29, 1.82) is 0 Å². The highest BCUT2D eigenvalue weighted by atomic mass is 16.5. The summed E-state index contributed by atoms with van der Waals surface area (Å²) in [6, 6.07) is 0. The predicted octanol–water partition coefficient (Wildman–Crippen LogP) is 7.80. The van der Waals surface area contributed by atoms with Crippen LogP contribution in [0.15, 0.2) is 47.3 Å². The molecule has 0 saturated carbocycles. The topological polar surface area (TPSA) is 18.5 Å². The molecule has 0 bridgehead atoms. The standard InChI is InChI=1S/C24H38O2/c1-7-11-19-15-23(5,16-20(25-19)12-8-2)24(6)17-21(13-9-3)26-22(18-24)14-10-4/h15-18H,7-14H2,1-6H3. The van der Waals surface area contributed by atoms with Crippen LogP contribution in [0.2, 0.25) is 0 Å². The summed E-state index contributed by atoms with van der Waals surface area (Å²) in [5.41, 5.74) is -0.190. The molecule has 0 unspecified atom stereocenters. The molecular weight excluding hydrogens is 320 g/mol. The molecule has 0 fully saturated rings. The van der Waals surface area contributed by atoms with Gasteiger partial charge in [0.05, 0.1) is 0 Å². The average Bonchev–Trinajstić information content (AvgIpc) is 2.55. The molecule has 2 rings (SSSR count). The van der Waals surface area contributed by atoms with Crippen molar-refractivity contribution in [2.24, 2.45) is 10.8 Å². The summed E-state index contributed by atoms with van der Waals surface area (Å²) in [7, 11) is 0. The van der Waals surface area contributed by atoms with E-state index in [0.717, 1.165) is 74.4 Å². The Labute approximate surface area is 161 Å². The second kappa shape index (κ2) is 8.97. The quantitative estimate of drug-likeness (QED) is 0.418. The molecule has 0 spiro atoms. The third-order valence-corrected chi connectivity index (χ3v) is 5.51. The fraction of sp³-hybridized carbons (Fsp3) is 0.667. The van der Waals surface area contributed by atoms with E-state index >= 15 is 0 Å². The summed E-state index contributed by atoms with van der Waals surface area (Å²) < 4.78 is 12.4. The van der Waals surface area contributed by atoms with Gasteiger partial charge in [-0.25, -0.2) is 0 Å². The zero-order chi connectivity index (χ0) is 19.2. The largest absolute Gasteiger partial charge is 0.467 e. The molecule has 2 aliphatic heterocycles. The maximum absolute atomic E-state index is 6.20. The maximum Gasteiger partial charge on any atom is 0.100 e. The minimum atomic E-state index is -0.0952. The van der Waals surface area contributed by atoms with Gasteiger partial charge in [-0.3, -0.25) is 0 Å². The van der Waals surface area contributed by atoms with Crippen LogP contribution >= 0.6 is 0 Å². The monoisotopic (exact) mass is 358 g/mol. The first-order valence-electron chi connectivity index (χ1n) is 10.6. The normalized spacial score (nSPS) is 21.0. The van der Waals surface area contributed by atoms with Crippen LogP contribution in [-0.2, 0) is 9.47 Å². The molecule has 0 N–H and O–H groups in total. The summed E-state index contributed by atoms with van der Waals surface area (Å²) in [5.74, 6) is 4.52. The Morgan fingerprint density at radius 2 is 0.769 bits per heavy atom. The van der Waals surface area contributed by atoms with Gasteiger partial charge in [0.2, 0.25) is 0 Å². The summed E-state index contributed by atoms with van der Waals surface area (Å²) in [5, 5.41) is 0. The fourth-order valence-electron chi connectivity index (χ4n) is 3.98. The van der Waals surface area contributed by atoms with Gasteiger partial charge in [-0.05, 0) is 50.0 Å². The van der Waals surface area contributed by atoms with Crippen LogP contribution in [0.1, 0.15) is 92.9 Å². The van der Waals surface area contributed by atoms with Crippen molar-refractivity contribution in [3.63, 3.8) is 0 Å². The van der Waals surface area contributed by atoms with Crippen molar-refractivity contribution >= 4 is 0 Å². The predicted molar refractivity (Wildman–Crippen MR) is 110 cm³/mol.